The lowest BCUT2D eigenvalue weighted by Gasteiger charge is -2.19. The van der Waals surface area contributed by atoms with Crippen LogP contribution in [0.25, 0.3) is 10.9 Å². The lowest BCUT2D eigenvalue weighted by atomic mass is 9.91. The molecular formula is C15H18ClN. The SMILES string of the molecule is CCc1ccc2nc(C(C)(C)C)cc(Cl)c2c1. The van der Waals surface area contributed by atoms with Crippen LogP contribution in [0.15, 0.2) is 24.3 Å². The van der Waals surface area contributed by atoms with Crippen LogP contribution in [0.1, 0.15) is 39.0 Å². The first kappa shape index (κ1) is 12.4. The first-order valence-electron chi connectivity index (χ1n) is 6.01. The van der Waals surface area contributed by atoms with Crippen molar-refractivity contribution in [2.45, 2.75) is 39.5 Å². The Morgan fingerprint density at radius 1 is 1.18 bits per heavy atom. The zero-order chi connectivity index (χ0) is 12.6. The topological polar surface area (TPSA) is 12.9 Å². The molecule has 2 aromatic rings. The second-order valence-electron chi connectivity index (χ2n) is 5.44. The van der Waals surface area contributed by atoms with Crippen molar-refractivity contribution in [3.05, 3.63) is 40.5 Å². The van der Waals surface area contributed by atoms with Crippen molar-refractivity contribution < 1.29 is 0 Å². The van der Waals surface area contributed by atoms with Gasteiger partial charge in [0, 0.05) is 16.5 Å². The molecule has 2 heteroatoms. The summed E-state index contributed by atoms with van der Waals surface area (Å²) in [5.74, 6) is 0. The van der Waals surface area contributed by atoms with E-state index in [2.05, 4.69) is 45.9 Å². The van der Waals surface area contributed by atoms with Crippen molar-refractivity contribution in [3.8, 4) is 0 Å². The minimum Gasteiger partial charge on any atom is -0.252 e. The van der Waals surface area contributed by atoms with Crippen molar-refractivity contribution in [2.24, 2.45) is 0 Å². The van der Waals surface area contributed by atoms with Gasteiger partial charge in [-0.25, -0.2) is 0 Å². The van der Waals surface area contributed by atoms with E-state index in [0.717, 1.165) is 28.0 Å². The molecule has 0 radical (unpaired) electrons. The average molecular weight is 248 g/mol. The molecule has 1 nitrogen and oxygen atoms in total. The molecule has 1 aromatic carbocycles. The highest BCUT2D eigenvalue weighted by Crippen LogP contribution is 2.29. The van der Waals surface area contributed by atoms with E-state index in [9.17, 15) is 0 Å². The van der Waals surface area contributed by atoms with Crippen molar-refractivity contribution in [3.63, 3.8) is 0 Å². The summed E-state index contributed by atoms with van der Waals surface area (Å²) in [6.07, 6.45) is 1.02. The van der Waals surface area contributed by atoms with Crippen molar-refractivity contribution in [1.29, 1.82) is 0 Å². The predicted octanol–water partition coefficient (Wildman–Crippen LogP) is 4.75. The van der Waals surface area contributed by atoms with Crippen LogP contribution in [0, 0.1) is 0 Å². The average Bonchev–Trinajstić information content (AvgIpc) is 2.27. The molecule has 0 atom stereocenters. The molecule has 1 heterocycles. The molecule has 0 saturated heterocycles. The molecule has 17 heavy (non-hydrogen) atoms. The van der Waals surface area contributed by atoms with E-state index in [-0.39, 0.29) is 5.41 Å². The summed E-state index contributed by atoms with van der Waals surface area (Å²) < 4.78 is 0. The molecule has 0 spiro atoms. The predicted molar refractivity (Wildman–Crippen MR) is 74.8 cm³/mol. The molecule has 0 saturated carbocycles. The fraction of sp³-hybridized carbons (Fsp3) is 0.400. The summed E-state index contributed by atoms with van der Waals surface area (Å²) in [4.78, 5) is 4.70. The van der Waals surface area contributed by atoms with E-state index in [4.69, 9.17) is 16.6 Å². The van der Waals surface area contributed by atoms with Crippen LogP contribution < -0.4 is 0 Å². The summed E-state index contributed by atoms with van der Waals surface area (Å²) in [5.41, 5.74) is 3.35. The van der Waals surface area contributed by atoms with Crippen LogP contribution in [0.2, 0.25) is 5.02 Å². The fourth-order valence-corrected chi connectivity index (χ4v) is 2.09. The third kappa shape index (κ3) is 2.44. The summed E-state index contributed by atoms with van der Waals surface area (Å²) in [6.45, 7) is 8.60. The van der Waals surface area contributed by atoms with Gasteiger partial charge in [-0.2, -0.15) is 0 Å². The van der Waals surface area contributed by atoms with Gasteiger partial charge in [0.05, 0.1) is 10.5 Å². The van der Waals surface area contributed by atoms with Gasteiger partial charge in [0.2, 0.25) is 0 Å². The Hall–Kier alpha value is -1.08. The zero-order valence-corrected chi connectivity index (χ0v) is 11.6. The molecule has 0 amide bonds. The van der Waals surface area contributed by atoms with Gasteiger partial charge in [0.25, 0.3) is 0 Å². The minimum absolute atomic E-state index is 0.0290. The monoisotopic (exact) mass is 247 g/mol. The molecule has 0 fully saturated rings. The van der Waals surface area contributed by atoms with Gasteiger partial charge >= 0.3 is 0 Å². The maximum absolute atomic E-state index is 6.36. The van der Waals surface area contributed by atoms with E-state index < -0.39 is 0 Å². The van der Waals surface area contributed by atoms with Gasteiger partial charge in [0.1, 0.15) is 0 Å². The third-order valence-corrected chi connectivity index (χ3v) is 3.31. The summed E-state index contributed by atoms with van der Waals surface area (Å²) in [6, 6.07) is 8.31. The van der Waals surface area contributed by atoms with Crippen LogP contribution in [0.5, 0.6) is 0 Å². The summed E-state index contributed by atoms with van der Waals surface area (Å²) in [7, 11) is 0. The number of benzene rings is 1. The molecule has 2 rings (SSSR count). The maximum atomic E-state index is 6.36. The summed E-state index contributed by atoms with van der Waals surface area (Å²) in [5, 5.41) is 1.86. The van der Waals surface area contributed by atoms with Gasteiger partial charge in [-0.15, -0.1) is 0 Å². The number of pyridine rings is 1. The first-order valence-corrected chi connectivity index (χ1v) is 6.39. The van der Waals surface area contributed by atoms with Crippen molar-refractivity contribution in [2.75, 3.05) is 0 Å². The number of rotatable bonds is 1. The van der Waals surface area contributed by atoms with Crippen LogP contribution in [-0.4, -0.2) is 4.98 Å². The Balaban J connectivity index is 2.68. The summed E-state index contributed by atoms with van der Waals surface area (Å²) >= 11 is 6.36. The highest BCUT2D eigenvalue weighted by molar-refractivity contribution is 6.35. The second-order valence-corrected chi connectivity index (χ2v) is 5.85. The van der Waals surface area contributed by atoms with Crippen LogP contribution in [-0.2, 0) is 11.8 Å². The van der Waals surface area contributed by atoms with Gasteiger partial charge in [-0.05, 0) is 30.2 Å². The number of halogens is 1. The van der Waals surface area contributed by atoms with Crippen LogP contribution >= 0.6 is 11.6 Å². The molecule has 1 aromatic heterocycles. The zero-order valence-electron chi connectivity index (χ0n) is 10.8. The standard InChI is InChI=1S/C15H18ClN/c1-5-10-6-7-13-11(8-10)12(16)9-14(17-13)15(2,3)4/h6-9H,5H2,1-4H3. The number of hydrogen-bond acceptors (Lipinski definition) is 1. The van der Waals surface area contributed by atoms with E-state index in [1.807, 2.05) is 6.07 Å². The molecule has 0 N–H and O–H groups in total. The number of hydrogen-bond donors (Lipinski definition) is 0. The Morgan fingerprint density at radius 3 is 2.47 bits per heavy atom. The molecular weight excluding hydrogens is 230 g/mol. The van der Waals surface area contributed by atoms with Gasteiger partial charge in [0.15, 0.2) is 0 Å². The molecule has 0 aliphatic heterocycles. The Morgan fingerprint density at radius 2 is 1.88 bits per heavy atom. The van der Waals surface area contributed by atoms with E-state index in [1.54, 1.807) is 0 Å². The highest BCUT2D eigenvalue weighted by atomic mass is 35.5. The highest BCUT2D eigenvalue weighted by Gasteiger charge is 2.17. The molecule has 90 valence electrons. The van der Waals surface area contributed by atoms with Crippen LogP contribution in [0.4, 0.5) is 0 Å². The quantitative estimate of drug-likeness (QED) is 0.709. The number of aromatic nitrogens is 1. The fourth-order valence-electron chi connectivity index (χ4n) is 1.84. The molecule has 0 aliphatic rings. The van der Waals surface area contributed by atoms with Crippen molar-refractivity contribution >= 4 is 22.5 Å². The lowest BCUT2D eigenvalue weighted by molar-refractivity contribution is 0.571. The Kier molecular flexibility index (Phi) is 3.13. The van der Waals surface area contributed by atoms with E-state index >= 15 is 0 Å². The molecule has 0 aliphatic carbocycles. The largest absolute Gasteiger partial charge is 0.252 e. The third-order valence-electron chi connectivity index (χ3n) is 3.00. The smallest absolute Gasteiger partial charge is 0.0720 e. The van der Waals surface area contributed by atoms with E-state index in [0.29, 0.717) is 0 Å². The van der Waals surface area contributed by atoms with E-state index in [1.165, 1.54) is 5.56 Å². The normalized spacial score (nSPS) is 12.1. The second kappa shape index (κ2) is 4.30. The maximum Gasteiger partial charge on any atom is 0.0720 e. The molecule has 0 bridgehead atoms. The number of fused-ring (bicyclic) bond motifs is 1. The lowest BCUT2D eigenvalue weighted by Crippen LogP contribution is -2.13. The first-order chi connectivity index (χ1) is 7.91. The van der Waals surface area contributed by atoms with Gasteiger partial charge in [-0.1, -0.05) is 45.4 Å². The van der Waals surface area contributed by atoms with Gasteiger partial charge in [-0.3, -0.25) is 4.98 Å². The molecule has 0 unspecified atom stereocenters. The van der Waals surface area contributed by atoms with Gasteiger partial charge < -0.3 is 0 Å². The van der Waals surface area contributed by atoms with Crippen LogP contribution in [0.3, 0.4) is 0 Å². The minimum atomic E-state index is 0.0290. The number of aryl methyl sites for hydroxylation is 1. The van der Waals surface area contributed by atoms with Crippen molar-refractivity contribution in [1.82, 2.24) is 4.98 Å². The number of nitrogens with zero attached hydrogens (tertiary/aromatic N) is 1. The Labute approximate surface area is 108 Å². The Bertz CT molecular complexity index is 553.